The van der Waals surface area contributed by atoms with Gasteiger partial charge >= 0.3 is 0 Å². The minimum atomic E-state index is 0.657. The standard InChI is InChI=1S/C14H18BrN3O/c1-16-9-12-7-13(15)3-4-14(12)19-6-5-11-8-17-18(2)10-11/h3-4,7-8,10,16H,5-6,9H2,1-2H3. The van der Waals surface area contributed by atoms with Gasteiger partial charge in [-0.05, 0) is 30.8 Å². The monoisotopic (exact) mass is 323 g/mol. The van der Waals surface area contributed by atoms with Crippen molar-refractivity contribution in [3.8, 4) is 5.75 Å². The third kappa shape index (κ3) is 4.08. The molecule has 0 aliphatic rings. The fourth-order valence-corrected chi connectivity index (χ4v) is 2.31. The van der Waals surface area contributed by atoms with E-state index in [2.05, 4.69) is 32.4 Å². The van der Waals surface area contributed by atoms with Crippen LogP contribution in [0.1, 0.15) is 11.1 Å². The average molecular weight is 324 g/mol. The molecule has 1 heterocycles. The van der Waals surface area contributed by atoms with Gasteiger partial charge in [0.1, 0.15) is 5.75 Å². The smallest absolute Gasteiger partial charge is 0.123 e. The summed E-state index contributed by atoms with van der Waals surface area (Å²) in [7, 11) is 3.85. The van der Waals surface area contributed by atoms with Crippen molar-refractivity contribution in [2.45, 2.75) is 13.0 Å². The molecule has 102 valence electrons. The Labute approximate surface area is 121 Å². The van der Waals surface area contributed by atoms with Crippen molar-refractivity contribution in [1.82, 2.24) is 15.1 Å². The molecule has 2 rings (SSSR count). The maximum absolute atomic E-state index is 5.86. The van der Waals surface area contributed by atoms with Crippen LogP contribution < -0.4 is 10.1 Å². The maximum Gasteiger partial charge on any atom is 0.123 e. The fourth-order valence-electron chi connectivity index (χ4n) is 1.90. The second-order valence-corrected chi connectivity index (χ2v) is 5.32. The van der Waals surface area contributed by atoms with E-state index >= 15 is 0 Å². The maximum atomic E-state index is 5.86. The second kappa shape index (κ2) is 6.73. The van der Waals surface area contributed by atoms with Crippen molar-refractivity contribution >= 4 is 15.9 Å². The highest BCUT2D eigenvalue weighted by atomic mass is 79.9. The van der Waals surface area contributed by atoms with E-state index in [-0.39, 0.29) is 0 Å². The lowest BCUT2D eigenvalue weighted by Gasteiger charge is -2.11. The van der Waals surface area contributed by atoms with E-state index in [1.165, 1.54) is 5.56 Å². The molecule has 1 N–H and O–H groups in total. The van der Waals surface area contributed by atoms with Crippen LogP contribution in [0.5, 0.6) is 5.75 Å². The molecule has 0 saturated carbocycles. The van der Waals surface area contributed by atoms with Gasteiger partial charge in [-0.3, -0.25) is 4.68 Å². The van der Waals surface area contributed by atoms with Crippen LogP contribution in [0.2, 0.25) is 0 Å². The summed E-state index contributed by atoms with van der Waals surface area (Å²) in [5.74, 6) is 0.932. The van der Waals surface area contributed by atoms with E-state index in [9.17, 15) is 0 Å². The van der Waals surface area contributed by atoms with Gasteiger partial charge in [-0.25, -0.2) is 0 Å². The molecule has 0 aliphatic carbocycles. The van der Waals surface area contributed by atoms with Crippen molar-refractivity contribution in [2.75, 3.05) is 13.7 Å². The molecule has 5 heteroatoms. The van der Waals surface area contributed by atoms with Gasteiger partial charge in [-0.2, -0.15) is 5.10 Å². The zero-order chi connectivity index (χ0) is 13.7. The van der Waals surface area contributed by atoms with Gasteiger partial charge in [-0.1, -0.05) is 15.9 Å². The number of benzene rings is 1. The lowest BCUT2D eigenvalue weighted by atomic mass is 10.2. The van der Waals surface area contributed by atoms with Gasteiger partial charge in [0.05, 0.1) is 12.8 Å². The van der Waals surface area contributed by atoms with Gasteiger partial charge in [0, 0.05) is 36.2 Å². The molecule has 0 atom stereocenters. The normalized spacial score (nSPS) is 10.7. The Morgan fingerprint density at radius 3 is 2.95 bits per heavy atom. The van der Waals surface area contributed by atoms with Crippen molar-refractivity contribution in [3.05, 3.63) is 46.2 Å². The van der Waals surface area contributed by atoms with Gasteiger partial charge in [0.2, 0.25) is 0 Å². The van der Waals surface area contributed by atoms with Crippen molar-refractivity contribution in [1.29, 1.82) is 0 Å². The molecule has 0 fully saturated rings. The van der Waals surface area contributed by atoms with E-state index in [1.807, 2.05) is 38.6 Å². The Hall–Kier alpha value is -1.33. The molecule has 2 aromatic rings. The van der Waals surface area contributed by atoms with E-state index in [0.29, 0.717) is 6.61 Å². The highest BCUT2D eigenvalue weighted by Crippen LogP contribution is 2.23. The Morgan fingerprint density at radius 2 is 2.26 bits per heavy atom. The SMILES string of the molecule is CNCc1cc(Br)ccc1OCCc1cnn(C)c1. The van der Waals surface area contributed by atoms with Gasteiger partial charge in [0.15, 0.2) is 0 Å². The zero-order valence-corrected chi connectivity index (χ0v) is 12.8. The first kappa shape index (κ1) is 14.1. The van der Waals surface area contributed by atoms with Crippen LogP contribution in [0, 0.1) is 0 Å². The molecule has 0 bridgehead atoms. The second-order valence-electron chi connectivity index (χ2n) is 4.40. The summed E-state index contributed by atoms with van der Waals surface area (Å²) in [5.41, 5.74) is 2.35. The number of hydrogen-bond acceptors (Lipinski definition) is 3. The van der Waals surface area contributed by atoms with Gasteiger partial charge in [-0.15, -0.1) is 0 Å². The molecule has 0 saturated heterocycles. The fraction of sp³-hybridized carbons (Fsp3) is 0.357. The Kier molecular flexibility index (Phi) is 4.99. The van der Waals surface area contributed by atoms with Crippen LogP contribution >= 0.6 is 15.9 Å². The average Bonchev–Trinajstić information content (AvgIpc) is 2.78. The largest absolute Gasteiger partial charge is 0.493 e. The molecule has 1 aromatic carbocycles. The van der Waals surface area contributed by atoms with Crippen molar-refractivity contribution in [2.24, 2.45) is 7.05 Å². The number of nitrogens with zero attached hydrogens (tertiary/aromatic N) is 2. The summed E-state index contributed by atoms with van der Waals surface area (Å²) in [6.45, 7) is 1.45. The van der Waals surface area contributed by atoms with Crippen LogP contribution in [-0.4, -0.2) is 23.4 Å². The molecule has 0 spiro atoms. The Bertz CT molecular complexity index is 539. The highest BCUT2D eigenvalue weighted by molar-refractivity contribution is 9.10. The molecule has 19 heavy (non-hydrogen) atoms. The number of ether oxygens (including phenoxy) is 1. The number of hydrogen-bond donors (Lipinski definition) is 1. The number of halogens is 1. The van der Waals surface area contributed by atoms with E-state index < -0.39 is 0 Å². The summed E-state index contributed by atoms with van der Waals surface area (Å²) >= 11 is 3.48. The van der Waals surface area contributed by atoms with Gasteiger partial charge in [0.25, 0.3) is 0 Å². The van der Waals surface area contributed by atoms with Crippen LogP contribution in [0.3, 0.4) is 0 Å². The summed E-state index contributed by atoms with van der Waals surface area (Å²) < 4.78 is 8.73. The Morgan fingerprint density at radius 1 is 1.42 bits per heavy atom. The van der Waals surface area contributed by atoms with Crippen molar-refractivity contribution < 1.29 is 4.74 Å². The van der Waals surface area contributed by atoms with Crippen LogP contribution in [0.4, 0.5) is 0 Å². The molecule has 0 radical (unpaired) electrons. The quantitative estimate of drug-likeness (QED) is 0.887. The highest BCUT2D eigenvalue weighted by Gasteiger charge is 2.04. The summed E-state index contributed by atoms with van der Waals surface area (Å²) in [6.07, 6.45) is 4.75. The summed E-state index contributed by atoms with van der Waals surface area (Å²) in [5, 5.41) is 7.29. The first-order chi connectivity index (χ1) is 9.19. The van der Waals surface area contributed by atoms with E-state index in [4.69, 9.17) is 4.74 Å². The number of rotatable bonds is 6. The summed E-state index contributed by atoms with van der Waals surface area (Å²) in [6, 6.07) is 6.08. The Balaban J connectivity index is 1.95. The molecular weight excluding hydrogens is 306 g/mol. The lowest BCUT2D eigenvalue weighted by Crippen LogP contribution is -2.09. The minimum absolute atomic E-state index is 0.657. The summed E-state index contributed by atoms with van der Waals surface area (Å²) in [4.78, 5) is 0. The third-order valence-electron chi connectivity index (χ3n) is 2.80. The first-order valence-electron chi connectivity index (χ1n) is 6.22. The molecular formula is C14H18BrN3O. The number of nitrogens with one attached hydrogen (secondary N) is 1. The third-order valence-corrected chi connectivity index (χ3v) is 3.29. The zero-order valence-electron chi connectivity index (χ0n) is 11.2. The van der Waals surface area contributed by atoms with Gasteiger partial charge < -0.3 is 10.1 Å². The lowest BCUT2D eigenvalue weighted by molar-refractivity contribution is 0.318. The topological polar surface area (TPSA) is 39.1 Å². The molecule has 1 aromatic heterocycles. The molecule has 0 amide bonds. The number of aryl methyl sites for hydroxylation is 1. The minimum Gasteiger partial charge on any atom is -0.493 e. The predicted molar refractivity (Wildman–Crippen MR) is 79.3 cm³/mol. The van der Waals surface area contributed by atoms with Crippen molar-refractivity contribution in [3.63, 3.8) is 0 Å². The molecule has 0 unspecified atom stereocenters. The predicted octanol–water partition coefficient (Wildman–Crippen LogP) is 2.52. The molecule has 4 nitrogen and oxygen atoms in total. The first-order valence-corrected chi connectivity index (χ1v) is 7.01. The van der Waals surface area contributed by atoms with Crippen LogP contribution in [0.15, 0.2) is 35.1 Å². The van der Waals surface area contributed by atoms with Crippen LogP contribution in [0.25, 0.3) is 0 Å². The van der Waals surface area contributed by atoms with E-state index in [0.717, 1.165) is 28.8 Å². The number of aromatic nitrogens is 2. The van der Waals surface area contributed by atoms with Crippen LogP contribution in [-0.2, 0) is 20.0 Å². The van der Waals surface area contributed by atoms with E-state index in [1.54, 1.807) is 4.68 Å². The molecule has 0 aliphatic heterocycles.